The monoisotopic (exact) mass is 342 g/mol. The minimum atomic E-state index is 0.167. The predicted molar refractivity (Wildman–Crippen MR) is 102 cm³/mol. The van der Waals surface area contributed by atoms with Gasteiger partial charge in [-0.3, -0.25) is 4.79 Å². The van der Waals surface area contributed by atoms with Gasteiger partial charge in [0.05, 0.1) is 17.8 Å². The predicted octanol–water partition coefficient (Wildman–Crippen LogP) is 2.75. The van der Waals surface area contributed by atoms with Crippen LogP contribution < -0.4 is 0 Å². The highest BCUT2D eigenvalue weighted by molar-refractivity contribution is 5.79. The molecule has 1 aromatic heterocycles. The van der Waals surface area contributed by atoms with Crippen LogP contribution in [0.4, 0.5) is 0 Å². The molecule has 0 bridgehead atoms. The quantitative estimate of drug-likeness (QED) is 0.777. The van der Waals surface area contributed by atoms with Gasteiger partial charge in [-0.25, -0.2) is 4.68 Å². The molecule has 2 rings (SSSR count). The second kappa shape index (κ2) is 8.30. The highest BCUT2D eigenvalue weighted by Gasteiger charge is 2.19. The van der Waals surface area contributed by atoms with Crippen molar-refractivity contribution in [1.29, 1.82) is 0 Å². The Hall–Kier alpha value is -2.14. The van der Waals surface area contributed by atoms with Crippen molar-refractivity contribution in [2.75, 3.05) is 33.7 Å². The normalized spacial score (nSPS) is 11.2. The number of aromatic nitrogens is 2. The molecule has 2 aromatic rings. The van der Waals surface area contributed by atoms with Crippen molar-refractivity contribution < 1.29 is 4.79 Å². The van der Waals surface area contributed by atoms with Crippen LogP contribution in [0.5, 0.6) is 0 Å². The summed E-state index contributed by atoms with van der Waals surface area (Å²) in [4.78, 5) is 16.8. The van der Waals surface area contributed by atoms with Crippen LogP contribution in [0, 0.1) is 20.8 Å². The molecule has 136 valence electrons. The minimum absolute atomic E-state index is 0.167. The molecule has 0 unspecified atom stereocenters. The number of rotatable bonds is 7. The molecule has 0 saturated carbocycles. The molecule has 1 aromatic carbocycles. The summed E-state index contributed by atoms with van der Waals surface area (Å²) in [7, 11) is 4.05. The molecular formula is C20H30N4O. The van der Waals surface area contributed by atoms with Crippen LogP contribution in [-0.2, 0) is 11.2 Å². The van der Waals surface area contributed by atoms with Crippen LogP contribution in [0.25, 0.3) is 5.69 Å². The highest BCUT2D eigenvalue weighted by Crippen LogP contribution is 2.21. The Morgan fingerprint density at radius 2 is 1.80 bits per heavy atom. The van der Waals surface area contributed by atoms with Crippen molar-refractivity contribution in [2.45, 2.75) is 34.1 Å². The van der Waals surface area contributed by atoms with Crippen LogP contribution in [-0.4, -0.2) is 59.2 Å². The second-order valence-corrected chi connectivity index (χ2v) is 6.80. The number of aryl methyl sites for hydroxylation is 2. The largest absolute Gasteiger partial charge is 0.341 e. The maximum atomic E-state index is 12.7. The van der Waals surface area contributed by atoms with Gasteiger partial charge in [0.1, 0.15) is 0 Å². The number of carbonyl (C=O) groups is 1. The van der Waals surface area contributed by atoms with E-state index in [1.807, 2.05) is 56.6 Å². The maximum absolute atomic E-state index is 12.7. The summed E-state index contributed by atoms with van der Waals surface area (Å²) in [6.45, 7) is 10.5. The molecule has 1 amide bonds. The average molecular weight is 342 g/mol. The zero-order valence-electron chi connectivity index (χ0n) is 16.3. The van der Waals surface area contributed by atoms with E-state index in [2.05, 4.69) is 24.0 Å². The van der Waals surface area contributed by atoms with Gasteiger partial charge in [0, 0.05) is 30.9 Å². The summed E-state index contributed by atoms with van der Waals surface area (Å²) in [6, 6.07) is 8.19. The zero-order chi connectivity index (χ0) is 18.6. The van der Waals surface area contributed by atoms with Crippen LogP contribution in [0.15, 0.2) is 24.3 Å². The molecule has 0 atom stereocenters. The summed E-state index contributed by atoms with van der Waals surface area (Å²) in [5, 5.41) is 4.69. The van der Waals surface area contributed by atoms with Gasteiger partial charge >= 0.3 is 0 Å². The fraction of sp³-hybridized carbons (Fsp3) is 0.500. The van der Waals surface area contributed by atoms with E-state index in [0.717, 1.165) is 42.3 Å². The summed E-state index contributed by atoms with van der Waals surface area (Å²) in [5.74, 6) is 0.167. The van der Waals surface area contributed by atoms with E-state index in [1.165, 1.54) is 5.56 Å². The smallest absolute Gasteiger partial charge is 0.227 e. The van der Waals surface area contributed by atoms with Crippen LogP contribution >= 0.6 is 0 Å². The number of hydrogen-bond acceptors (Lipinski definition) is 3. The molecule has 0 radical (unpaired) electrons. The Labute approximate surface area is 151 Å². The van der Waals surface area contributed by atoms with Crippen molar-refractivity contribution in [3.05, 3.63) is 46.8 Å². The third kappa shape index (κ3) is 4.48. The third-order valence-corrected chi connectivity index (χ3v) is 4.66. The van der Waals surface area contributed by atoms with Gasteiger partial charge < -0.3 is 9.80 Å². The summed E-state index contributed by atoms with van der Waals surface area (Å²) < 4.78 is 1.96. The number of likely N-dealkylation sites (N-methyl/N-ethyl adjacent to an activating group) is 2. The van der Waals surface area contributed by atoms with E-state index < -0.39 is 0 Å². The van der Waals surface area contributed by atoms with Gasteiger partial charge in [-0.1, -0.05) is 18.2 Å². The number of para-hydroxylation sites is 1. The molecule has 0 N–H and O–H groups in total. The van der Waals surface area contributed by atoms with Crippen molar-refractivity contribution in [3.63, 3.8) is 0 Å². The van der Waals surface area contributed by atoms with Gasteiger partial charge in [0.2, 0.25) is 5.91 Å². The van der Waals surface area contributed by atoms with Gasteiger partial charge in [0.25, 0.3) is 0 Å². The van der Waals surface area contributed by atoms with Gasteiger partial charge in [-0.2, -0.15) is 5.10 Å². The molecule has 0 fully saturated rings. The Kier molecular flexibility index (Phi) is 6.37. The average Bonchev–Trinajstić information content (AvgIpc) is 2.83. The van der Waals surface area contributed by atoms with Gasteiger partial charge in [0.15, 0.2) is 0 Å². The SMILES string of the molecule is CCN(CCN(C)C)C(=O)Cc1c(C)nn(-c2ccccc2C)c1C. The topological polar surface area (TPSA) is 41.4 Å². The van der Waals surface area contributed by atoms with Crippen molar-refractivity contribution in [2.24, 2.45) is 0 Å². The molecule has 0 aliphatic heterocycles. The molecule has 0 aliphatic carbocycles. The fourth-order valence-corrected chi connectivity index (χ4v) is 3.01. The Bertz CT molecular complexity index is 733. The molecule has 0 aliphatic rings. The standard InChI is InChI=1S/C20H30N4O/c1-7-23(13-12-22(5)6)20(25)14-18-16(3)21-24(17(18)4)19-11-9-8-10-15(19)2/h8-11H,7,12-14H2,1-6H3. The Morgan fingerprint density at radius 1 is 1.12 bits per heavy atom. The van der Waals surface area contributed by atoms with E-state index in [4.69, 9.17) is 5.10 Å². The van der Waals surface area contributed by atoms with E-state index in [0.29, 0.717) is 6.42 Å². The van der Waals surface area contributed by atoms with Crippen molar-refractivity contribution in [3.8, 4) is 5.69 Å². The Morgan fingerprint density at radius 3 is 2.40 bits per heavy atom. The molecule has 5 nitrogen and oxygen atoms in total. The lowest BCUT2D eigenvalue weighted by Gasteiger charge is -2.23. The summed E-state index contributed by atoms with van der Waals surface area (Å²) in [5.41, 5.74) is 5.26. The highest BCUT2D eigenvalue weighted by atomic mass is 16.2. The zero-order valence-corrected chi connectivity index (χ0v) is 16.3. The van der Waals surface area contributed by atoms with Crippen LogP contribution in [0.3, 0.4) is 0 Å². The lowest BCUT2D eigenvalue weighted by Crippen LogP contribution is -2.37. The maximum Gasteiger partial charge on any atom is 0.227 e. The molecular weight excluding hydrogens is 312 g/mol. The van der Waals surface area contributed by atoms with E-state index in [9.17, 15) is 4.79 Å². The first-order chi connectivity index (χ1) is 11.8. The van der Waals surface area contributed by atoms with Gasteiger partial charge in [-0.15, -0.1) is 0 Å². The first-order valence-electron chi connectivity index (χ1n) is 8.88. The molecule has 0 spiro atoms. The van der Waals surface area contributed by atoms with Gasteiger partial charge in [-0.05, 0) is 53.4 Å². The molecule has 0 saturated heterocycles. The number of benzene rings is 1. The Balaban J connectivity index is 2.23. The van der Waals surface area contributed by atoms with Crippen molar-refractivity contribution >= 4 is 5.91 Å². The summed E-state index contributed by atoms with van der Waals surface area (Å²) in [6.07, 6.45) is 0.408. The van der Waals surface area contributed by atoms with Crippen LogP contribution in [0.2, 0.25) is 0 Å². The van der Waals surface area contributed by atoms with Crippen LogP contribution in [0.1, 0.15) is 29.4 Å². The van der Waals surface area contributed by atoms with Crippen molar-refractivity contribution in [1.82, 2.24) is 19.6 Å². The summed E-state index contributed by atoms with van der Waals surface area (Å²) >= 11 is 0. The molecule has 25 heavy (non-hydrogen) atoms. The first kappa shape index (κ1) is 19.2. The number of carbonyl (C=O) groups excluding carboxylic acids is 1. The first-order valence-corrected chi connectivity index (χ1v) is 8.88. The molecule has 5 heteroatoms. The van der Waals surface area contributed by atoms with E-state index in [-0.39, 0.29) is 5.91 Å². The van der Waals surface area contributed by atoms with E-state index in [1.54, 1.807) is 0 Å². The second-order valence-electron chi connectivity index (χ2n) is 6.80. The lowest BCUT2D eigenvalue weighted by atomic mass is 10.1. The molecule has 1 heterocycles. The number of amides is 1. The number of hydrogen-bond donors (Lipinski definition) is 0. The minimum Gasteiger partial charge on any atom is -0.341 e. The lowest BCUT2D eigenvalue weighted by molar-refractivity contribution is -0.130. The fourth-order valence-electron chi connectivity index (χ4n) is 3.01. The van der Waals surface area contributed by atoms with E-state index >= 15 is 0 Å². The number of nitrogens with zero attached hydrogens (tertiary/aromatic N) is 4. The third-order valence-electron chi connectivity index (χ3n) is 4.66.